The van der Waals surface area contributed by atoms with Crippen molar-refractivity contribution in [2.75, 3.05) is 12.3 Å². The molecule has 0 radical (unpaired) electrons. The fourth-order valence-corrected chi connectivity index (χ4v) is 3.30. The number of amides is 1. The highest BCUT2D eigenvalue weighted by Gasteiger charge is 2.15. The van der Waals surface area contributed by atoms with E-state index in [0.717, 1.165) is 25.8 Å². The Kier molecular flexibility index (Phi) is 5.42. The Morgan fingerprint density at radius 2 is 1.93 bits per heavy atom. The second kappa shape index (κ2) is 8.32. The summed E-state index contributed by atoms with van der Waals surface area (Å²) in [5.74, 6) is 0.331. The number of nitrogens with two attached hydrogens (primary N) is 1. The van der Waals surface area contributed by atoms with Gasteiger partial charge in [-0.05, 0) is 37.1 Å². The Hall–Kier alpha value is -3.75. The zero-order valence-corrected chi connectivity index (χ0v) is 16.2. The zero-order valence-electron chi connectivity index (χ0n) is 16.2. The zero-order chi connectivity index (χ0) is 21.1. The van der Waals surface area contributed by atoms with E-state index in [0.29, 0.717) is 22.6 Å². The number of phenols is 1. The van der Waals surface area contributed by atoms with Crippen molar-refractivity contribution < 1.29 is 14.3 Å². The summed E-state index contributed by atoms with van der Waals surface area (Å²) in [4.78, 5) is 19.1. The lowest BCUT2D eigenvalue weighted by Gasteiger charge is -2.02. The highest BCUT2D eigenvalue weighted by molar-refractivity contribution is 5.93. The molecule has 8 nitrogen and oxygen atoms in total. The molecule has 0 aliphatic carbocycles. The number of hydrogen-bond acceptors (Lipinski definition) is 6. The maximum absolute atomic E-state index is 14.1. The van der Waals surface area contributed by atoms with Gasteiger partial charge in [0.1, 0.15) is 11.6 Å². The summed E-state index contributed by atoms with van der Waals surface area (Å²) in [6.45, 7) is 0.888. The predicted molar refractivity (Wildman–Crippen MR) is 111 cm³/mol. The van der Waals surface area contributed by atoms with E-state index in [1.54, 1.807) is 30.3 Å². The standard InChI is InChI=1S/C15H10FN5O.C6H11NO/c16-10-5-2-6-11-12(10)14-19-13(20-21(14)15(17)18-11)8-3-1-4-9(22)7-8;8-6-4-2-1-3-5-7-6/h1-7,22H,(H2,17,18);1-5H2,(H,7,8). The van der Waals surface area contributed by atoms with Crippen LogP contribution in [0.2, 0.25) is 0 Å². The number of nitrogens with zero attached hydrogens (tertiary/aromatic N) is 4. The number of nitrogen functional groups attached to an aromatic ring is 1. The molecule has 2 aromatic carbocycles. The van der Waals surface area contributed by atoms with Crippen LogP contribution in [0.1, 0.15) is 25.7 Å². The average molecular weight is 408 g/mol. The molecule has 3 heterocycles. The summed E-state index contributed by atoms with van der Waals surface area (Å²) in [6, 6.07) is 11.1. The van der Waals surface area contributed by atoms with Crippen LogP contribution in [-0.4, -0.2) is 37.1 Å². The maximum Gasteiger partial charge on any atom is 0.223 e. The van der Waals surface area contributed by atoms with Crippen molar-refractivity contribution >= 4 is 28.4 Å². The van der Waals surface area contributed by atoms with Crippen LogP contribution in [0.4, 0.5) is 10.3 Å². The van der Waals surface area contributed by atoms with E-state index < -0.39 is 5.82 Å². The lowest BCUT2D eigenvalue weighted by Crippen LogP contribution is -2.21. The summed E-state index contributed by atoms with van der Waals surface area (Å²) in [5, 5.41) is 16.9. The summed E-state index contributed by atoms with van der Waals surface area (Å²) in [5.41, 5.74) is 7.18. The first-order valence-electron chi connectivity index (χ1n) is 9.69. The van der Waals surface area contributed by atoms with Crippen molar-refractivity contribution in [1.29, 1.82) is 0 Å². The van der Waals surface area contributed by atoms with Gasteiger partial charge >= 0.3 is 0 Å². The number of benzene rings is 2. The lowest BCUT2D eigenvalue weighted by atomic mass is 10.2. The van der Waals surface area contributed by atoms with Gasteiger partial charge in [-0.2, -0.15) is 4.52 Å². The molecule has 1 fully saturated rings. The number of anilines is 1. The molecular weight excluding hydrogens is 387 g/mol. The number of hydrogen-bond donors (Lipinski definition) is 3. The van der Waals surface area contributed by atoms with E-state index in [4.69, 9.17) is 5.73 Å². The normalized spacial score (nSPS) is 14.1. The molecule has 0 unspecified atom stereocenters. The topological polar surface area (TPSA) is 118 Å². The van der Waals surface area contributed by atoms with Gasteiger partial charge in [-0.1, -0.05) is 24.6 Å². The quantitative estimate of drug-likeness (QED) is 0.445. The van der Waals surface area contributed by atoms with Crippen molar-refractivity contribution in [2.24, 2.45) is 0 Å². The molecule has 0 atom stereocenters. The number of fused-ring (bicyclic) bond motifs is 3. The van der Waals surface area contributed by atoms with Crippen molar-refractivity contribution in [3.63, 3.8) is 0 Å². The number of rotatable bonds is 1. The lowest BCUT2D eigenvalue weighted by molar-refractivity contribution is -0.120. The largest absolute Gasteiger partial charge is 0.508 e. The Bertz CT molecular complexity index is 1210. The first-order valence-corrected chi connectivity index (χ1v) is 9.69. The second-order valence-electron chi connectivity index (χ2n) is 6.99. The molecule has 4 aromatic rings. The summed E-state index contributed by atoms with van der Waals surface area (Å²) >= 11 is 0. The fourth-order valence-electron chi connectivity index (χ4n) is 3.30. The van der Waals surface area contributed by atoms with E-state index in [-0.39, 0.29) is 23.0 Å². The van der Waals surface area contributed by atoms with Crippen LogP contribution in [0, 0.1) is 5.82 Å². The van der Waals surface area contributed by atoms with Crippen LogP contribution < -0.4 is 11.1 Å². The van der Waals surface area contributed by atoms with Gasteiger partial charge in [0.15, 0.2) is 11.5 Å². The number of phenolic OH excluding ortho intramolecular Hbond substituents is 1. The predicted octanol–water partition coefficient (Wildman–Crippen LogP) is 3.05. The van der Waals surface area contributed by atoms with Crippen LogP contribution >= 0.6 is 0 Å². The van der Waals surface area contributed by atoms with E-state index in [9.17, 15) is 14.3 Å². The van der Waals surface area contributed by atoms with Crippen molar-refractivity contribution in [3.8, 4) is 17.1 Å². The number of halogens is 1. The van der Waals surface area contributed by atoms with Gasteiger partial charge in [0.05, 0.1) is 10.9 Å². The molecule has 1 amide bonds. The van der Waals surface area contributed by atoms with E-state index in [1.807, 2.05) is 0 Å². The third-order valence-electron chi connectivity index (χ3n) is 4.78. The molecule has 2 aromatic heterocycles. The molecule has 1 aliphatic rings. The fraction of sp³-hybridized carbons (Fsp3) is 0.238. The Labute approximate surface area is 171 Å². The number of aromatic nitrogens is 4. The number of aromatic hydroxyl groups is 1. The maximum atomic E-state index is 14.1. The molecule has 154 valence electrons. The van der Waals surface area contributed by atoms with Gasteiger partial charge in [-0.3, -0.25) is 4.79 Å². The second-order valence-corrected chi connectivity index (χ2v) is 6.99. The molecule has 0 saturated carbocycles. The van der Waals surface area contributed by atoms with Gasteiger partial charge in [0, 0.05) is 18.5 Å². The Balaban J connectivity index is 0.000000230. The minimum absolute atomic E-state index is 0.0958. The molecule has 9 heteroatoms. The average Bonchev–Trinajstić information content (AvgIpc) is 3.04. The third-order valence-corrected chi connectivity index (χ3v) is 4.78. The molecule has 0 spiro atoms. The van der Waals surface area contributed by atoms with Crippen molar-refractivity contribution in [2.45, 2.75) is 25.7 Å². The highest BCUT2D eigenvalue weighted by Crippen LogP contribution is 2.26. The molecule has 1 saturated heterocycles. The van der Waals surface area contributed by atoms with Crippen LogP contribution in [0.3, 0.4) is 0 Å². The number of carbonyl (C=O) groups is 1. The van der Waals surface area contributed by atoms with E-state index in [1.165, 1.54) is 23.1 Å². The summed E-state index contributed by atoms with van der Waals surface area (Å²) in [7, 11) is 0. The van der Waals surface area contributed by atoms with Crippen LogP contribution in [-0.2, 0) is 4.79 Å². The SMILES string of the molecule is Nc1nc2cccc(F)c2c2nc(-c3cccc(O)c3)nn12.O=C1CCCCCN1. The molecular formula is C21H21FN6O2. The van der Waals surface area contributed by atoms with Gasteiger partial charge < -0.3 is 16.2 Å². The molecule has 1 aliphatic heterocycles. The third kappa shape index (κ3) is 4.00. The number of carbonyl (C=O) groups excluding carboxylic acids is 1. The minimum atomic E-state index is -0.440. The Morgan fingerprint density at radius 1 is 1.10 bits per heavy atom. The molecule has 5 rings (SSSR count). The van der Waals surface area contributed by atoms with Crippen LogP contribution in [0.5, 0.6) is 5.75 Å². The molecule has 4 N–H and O–H groups in total. The highest BCUT2D eigenvalue weighted by atomic mass is 19.1. The van der Waals surface area contributed by atoms with Crippen molar-refractivity contribution in [1.82, 2.24) is 24.9 Å². The molecule has 0 bridgehead atoms. The monoisotopic (exact) mass is 408 g/mol. The first kappa shape index (κ1) is 19.6. The van der Waals surface area contributed by atoms with E-state index >= 15 is 0 Å². The van der Waals surface area contributed by atoms with Crippen LogP contribution in [0.15, 0.2) is 42.5 Å². The van der Waals surface area contributed by atoms with E-state index in [2.05, 4.69) is 20.4 Å². The smallest absolute Gasteiger partial charge is 0.223 e. The minimum Gasteiger partial charge on any atom is -0.508 e. The van der Waals surface area contributed by atoms with Gasteiger partial charge in [0.2, 0.25) is 11.9 Å². The van der Waals surface area contributed by atoms with Crippen molar-refractivity contribution in [3.05, 3.63) is 48.3 Å². The van der Waals surface area contributed by atoms with Gasteiger partial charge in [0.25, 0.3) is 0 Å². The summed E-state index contributed by atoms with van der Waals surface area (Å²) < 4.78 is 15.4. The van der Waals surface area contributed by atoms with Gasteiger partial charge in [-0.15, -0.1) is 5.10 Å². The summed E-state index contributed by atoms with van der Waals surface area (Å²) in [6.07, 6.45) is 4.18. The number of nitrogens with one attached hydrogen (secondary N) is 1. The Morgan fingerprint density at radius 3 is 2.77 bits per heavy atom. The van der Waals surface area contributed by atoms with Crippen LogP contribution in [0.25, 0.3) is 27.9 Å². The molecule has 30 heavy (non-hydrogen) atoms. The first-order chi connectivity index (χ1) is 14.5. The van der Waals surface area contributed by atoms with Gasteiger partial charge in [-0.25, -0.2) is 14.4 Å².